The second-order valence-corrected chi connectivity index (χ2v) is 11.5. The fraction of sp³-hybridized carbons (Fsp3) is 0.600. The van der Waals surface area contributed by atoms with Crippen LogP contribution in [0.3, 0.4) is 0 Å². The van der Waals surface area contributed by atoms with E-state index in [0.717, 1.165) is 0 Å². The minimum absolute atomic E-state index is 0.0180. The van der Waals surface area contributed by atoms with E-state index in [0.29, 0.717) is 13.5 Å². The Labute approximate surface area is 175 Å². The van der Waals surface area contributed by atoms with Crippen molar-refractivity contribution in [2.45, 2.75) is 46.2 Å². The van der Waals surface area contributed by atoms with Crippen LogP contribution in [-0.4, -0.2) is 74.9 Å². The molecule has 0 saturated carbocycles. The third kappa shape index (κ3) is 3.62. The summed E-state index contributed by atoms with van der Waals surface area (Å²) in [6.45, 7) is 6.08. The Morgan fingerprint density at radius 2 is 1.47 bits per heavy atom. The molecule has 0 radical (unpaired) electrons. The highest BCUT2D eigenvalue weighted by Gasteiger charge is 2.57. The molecule has 168 valence electrons. The van der Waals surface area contributed by atoms with Gasteiger partial charge in [0.25, 0.3) is 5.84 Å². The van der Waals surface area contributed by atoms with Gasteiger partial charge in [-0.2, -0.15) is 25.3 Å². The molecule has 3 aliphatic heterocycles. The first-order chi connectivity index (χ1) is 13.5. The molecule has 1 fully saturated rings. The fourth-order valence-electron chi connectivity index (χ4n) is 4.14. The zero-order valence-corrected chi connectivity index (χ0v) is 19.0. The molecule has 0 spiro atoms. The van der Waals surface area contributed by atoms with Gasteiger partial charge in [0.2, 0.25) is 0 Å². The number of piperidine rings is 1. The highest BCUT2D eigenvalue weighted by Crippen LogP contribution is 2.37. The van der Waals surface area contributed by atoms with Crippen molar-refractivity contribution >= 4 is 42.6 Å². The molecule has 0 aromatic rings. The summed E-state index contributed by atoms with van der Waals surface area (Å²) in [5.74, 6) is -2.50. The van der Waals surface area contributed by atoms with Crippen LogP contribution in [0.5, 0.6) is 0 Å². The summed E-state index contributed by atoms with van der Waals surface area (Å²) >= 11 is 0. The first-order valence-corrected chi connectivity index (χ1v) is 13.1. The van der Waals surface area contributed by atoms with Crippen LogP contribution >= 0.6 is 0 Å². The first-order valence-electron chi connectivity index (χ1n) is 8.90. The number of hydrogen-bond donors (Lipinski definition) is 3. The van der Waals surface area contributed by atoms with Crippen LogP contribution in [0.15, 0.2) is 23.3 Å². The van der Waals surface area contributed by atoms with Crippen molar-refractivity contribution in [2.24, 2.45) is 11.8 Å². The van der Waals surface area contributed by atoms with Crippen LogP contribution < -0.4 is 0 Å². The lowest BCUT2D eigenvalue weighted by molar-refractivity contribution is -0.436. The van der Waals surface area contributed by atoms with Gasteiger partial charge in [0.05, 0.1) is 5.92 Å². The second-order valence-electron chi connectivity index (χ2n) is 7.66. The van der Waals surface area contributed by atoms with E-state index in [1.165, 1.54) is 13.8 Å². The van der Waals surface area contributed by atoms with Gasteiger partial charge < -0.3 is 0 Å². The molecule has 15 heteroatoms. The lowest BCUT2D eigenvalue weighted by atomic mass is 9.84. The molecule has 0 aromatic heterocycles. The Morgan fingerprint density at radius 3 is 1.93 bits per heavy atom. The topological polar surface area (TPSA) is 172 Å². The molecule has 4 unspecified atom stereocenters. The smallest absolute Gasteiger partial charge is 0.252 e. The molecule has 3 N–H and O–H groups in total. The minimum atomic E-state index is -5.28. The van der Waals surface area contributed by atoms with Gasteiger partial charge in [-0.1, -0.05) is 23.4 Å². The van der Waals surface area contributed by atoms with Crippen LogP contribution in [0, 0.1) is 11.8 Å². The van der Waals surface area contributed by atoms with Crippen molar-refractivity contribution in [1.29, 1.82) is 0 Å². The van der Waals surface area contributed by atoms with Crippen LogP contribution in [0.25, 0.3) is 0 Å². The van der Waals surface area contributed by atoms with Crippen molar-refractivity contribution in [3.8, 4) is 0 Å². The molecule has 1 saturated heterocycles. The summed E-state index contributed by atoms with van der Waals surface area (Å²) in [6.07, 6.45) is 3.18. The van der Waals surface area contributed by atoms with Gasteiger partial charge in [-0.15, -0.1) is 7.96 Å². The van der Waals surface area contributed by atoms with E-state index in [1.807, 2.05) is 0 Å². The molecule has 30 heavy (non-hydrogen) atoms. The van der Waals surface area contributed by atoms with Crippen molar-refractivity contribution in [3.05, 3.63) is 23.3 Å². The Hall–Kier alpha value is -1.65. The lowest BCUT2D eigenvalue weighted by Crippen LogP contribution is -2.61. The molecular formula is C15H23N3O9S3+2. The van der Waals surface area contributed by atoms with Crippen molar-refractivity contribution in [3.63, 3.8) is 0 Å². The van der Waals surface area contributed by atoms with Gasteiger partial charge >= 0.3 is 36.7 Å². The quantitative estimate of drug-likeness (QED) is 0.279. The van der Waals surface area contributed by atoms with Crippen LogP contribution in [0.2, 0.25) is 0 Å². The normalized spacial score (nSPS) is 30.6. The minimum Gasteiger partial charge on any atom is -0.252 e. The maximum atomic E-state index is 12.4. The number of hydrogen-bond acceptors (Lipinski definition) is 6. The Bertz CT molecular complexity index is 1260. The standard InChI is InChI=1S/C15H21N3O9S3/c1-8-5-12-7-13-6-9(2)11(4)17(29(22,23)24)15(13)18(30(25,26)27)14(12)16(10(8)3)28(19,20)21/h5-6,8,10-11,13H,7H2,1-4H3,(H-2,19,20,21,22,23,24,25,26,27)/p+2. The molecule has 0 aliphatic carbocycles. The van der Waals surface area contributed by atoms with E-state index in [9.17, 15) is 38.9 Å². The van der Waals surface area contributed by atoms with E-state index in [2.05, 4.69) is 0 Å². The fourth-order valence-corrected chi connectivity index (χ4v) is 7.17. The molecule has 0 aromatic carbocycles. The Morgan fingerprint density at radius 1 is 0.933 bits per heavy atom. The number of nitrogens with zero attached hydrogens (tertiary/aromatic N) is 3. The molecular weight excluding hydrogens is 462 g/mol. The average Bonchev–Trinajstić information content (AvgIpc) is 2.52. The largest absolute Gasteiger partial charge is 0.442 e. The van der Waals surface area contributed by atoms with E-state index in [1.54, 1.807) is 26.0 Å². The van der Waals surface area contributed by atoms with Gasteiger partial charge in [0, 0.05) is 11.5 Å². The SMILES string of the molecule is CC1=CC2CC3=CC(C)C(C)[N+](S(=O)(=O)O)=C3N(S(=O)(=O)O)C2=[N+](S(=O)(=O)O)C1C. The molecule has 0 bridgehead atoms. The van der Waals surface area contributed by atoms with Crippen molar-refractivity contribution in [2.75, 3.05) is 0 Å². The van der Waals surface area contributed by atoms with Crippen molar-refractivity contribution in [1.82, 2.24) is 4.31 Å². The highest BCUT2D eigenvalue weighted by molar-refractivity contribution is 7.85. The first kappa shape index (κ1) is 23.0. The van der Waals surface area contributed by atoms with E-state index < -0.39 is 66.5 Å². The van der Waals surface area contributed by atoms with Gasteiger partial charge in [0.15, 0.2) is 0 Å². The predicted molar refractivity (Wildman–Crippen MR) is 105 cm³/mol. The van der Waals surface area contributed by atoms with Crippen LogP contribution in [-0.2, 0) is 30.9 Å². The van der Waals surface area contributed by atoms with Crippen LogP contribution in [0.1, 0.15) is 34.1 Å². The van der Waals surface area contributed by atoms with Gasteiger partial charge in [-0.3, -0.25) is 13.7 Å². The van der Waals surface area contributed by atoms with E-state index >= 15 is 0 Å². The summed E-state index contributed by atoms with van der Waals surface area (Å²) < 4.78 is 104. The molecule has 4 atom stereocenters. The summed E-state index contributed by atoms with van der Waals surface area (Å²) in [5.41, 5.74) is 0.697. The monoisotopic (exact) mass is 485 g/mol. The van der Waals surface area contributed by atoms with Crippen molar-refractivity contribution < 1.29 is 46.9 Å². The van der Waals surface area contributed by atoms with Crippen LogP contribution in [0.4, 0.5) is 0 Å². The third-order valence-electron chi connectivity index (χ3n) is 5.69. The zero-order chi connectivity index (χ0) is 23.0. The number of rotatable bonds is 3. The molecule has 3 aliphatic rings. The predicted octanol–water partition coefficient (Wildman–Crippen LogP) is -0.148. The Balaban J connectivity index is 2.53. The molecule has 3 heterocycles. The Kier molecular flexibility index (Phi) is 5.32. The van der Waals surface area contributed by atoms with Gasteiger partial charge in [-0.05, 0) is 32.8 Å². The summed E-state index contributed by atoms with van der Waals surface area (Å²) in [4.78, 5) is 0. The zero-order valence-electron chi connectivity index (χ0n) is 16.5. The van der Waals surface area contributed by atoms with E-state index in [4.69, 9.17) is 0 Å². The lowest BCUT2D eigenvalue weighted by Gasteiger charge is -2.36. The van der Waals surface area contributed by atoms with E-state index in [-0.39, 0.29) is 16.3 Å². The molecule has 12 nitrogen and oxygen atoms in total. The molecule has 3 rings (SSSR count). The van der Waals surface area contributed by atoms with Gasteiger partial charge in [-0.25, -0.2) is 0 Å². The number of amidine groups is 2. The number of fused-ring (bicyclic) bond motifs is 2. The third-order valence-corrected chi connectivity index (χ3v) is 8.52. The van der Waals surface area contributed by atoms with Gasteiger partial charge in [0.1, 0.15) is 12.1 Å². The summed E-state index contributed by atoms with van der Waals surface area (Å²) in [7, 11) is -15.3. The molecule has 0 amide bonds. The summed E-state index contributed by atoms with van der Waals surface area (Å²) in [6, 6.07) is -1.96. The summed E-state index contributed by atoms with van der Waals surface area (Å²) in [5, 5.41) is 0. The highest BCUT2D eigenvalue weighted by atomic mass is 32.2. The maximum Gasteiger partial charge on any atom is 0.442 e. The maximum absolute atomic E-state index is 12.4. The average molecular weight is 486 g/mol. The second kappa shape index (κ2) is 6.93.